The summed E-state index contributed by atoms with van der Waals surface area (Å²) in [5.74, 6) is -1.22. The average molecular weight is 456 g/mol. The molecule has 1 saturated heterocycles. The van der Waals surface area contributed by atoms with Crippen molar-refractivity contribution >= 4 is 17.5 Å². The van der Waals surface area contributed by atoms with Gasteiger partial charge in [0, 0.05) is 12.0 Å². The zero-order chi connectivity index (χ0) is 23.8. The maximum absolute atomic E-state index is 14.2. The van der Waals surface area contributed by atoms with E-state index in [0.717, 1.165) is 22.3 Å². The minimum Gasteiger partial charge on any atom is -0.497 e. The molecule has 3 aromatic carbocycles. The first-order chi connectivity index (χ1) is 16.5. The normalized spacial score (nSPS) is 27.2. The number of ether oxygens (including phenoxy) is 2. The number of aliphatic hydroxyl groups is 1. The van der Waals surface area contributed by atoms with Crippen LogP contribution in [0.4, 0.5) is 5.69 Å². The van der Waals surface area contributed by atoms with Crippen LogP contribution in [-0.4, -0.2) is 37.2 Å². The van der Waals surface area contributed by atoms with Gasteiger partial charge in [0.2, 0.25) is 11.8 Å². The molecule has 172 valence electrons. The molecule has 0 aromatic heterocycles. The number of carbonyl (C=O) groups is 2. The van der Waals surface area contributed by atoms with E-state index in [1.54, 1.807) is 32.2 Å². The average Bonchev–Trinajstić information content (AvgIpc) is 3.13. The van der Waals surface area contributed by atoms with Crippen molar-refractivity contribution in [2.45, 2.75) is 24.4 Å². The van der Waals surface area contributed by atoms with E-state index in [1.807, 2.05) is 48.5 Å². The standard InChI is InChI=1S/C28H25NO5/c1-15(30)28-19-10-6-4-8-17(19)23(18-9-5-7-11-20(18)28)24-25(28)27(32)29(26(24)31)21-13-12-16(33-2)14-22(21)34-3/h4-15,23-25,30H,1-3H3/t15-,23?,24+,25-,28?/m0/s1. The molecule has 34 heavy (non-hydrogen) atoms. The van der Waals surface area contributed by atoms with Crippen LogP contribution in [0.5, 0.6) is 11.5 Å². The first-order valence-electron chi connectivity index (χ1n) is 11.4. The molecule has 3 atom stereocenters. The molecular weight excluding hydrogens is 430 g/mol. The molecule has 2 amide bonds. The highest BCUT2D eigenvalue weighted by atomic mass is 16.5. The second-order valence-electron chi connectivity index (χ2n) is 9.25. The van der Waals surface area contributed by atoms with Gasteiger partial charge in [-0.3, -0.25) is 9.59 Å². The Morgan fingerprint density at radius 3 is 2.06 bits per heavy atom. The van der Waals surface area contributed by atoms with Gasteiger partial charge >= 0.3 is 0 Å². The van der Waals surface area contributed by atoms with Crippen molar-refractivity contribution in [2.75, 3.05) is 19.1 Å². The minimum atomic E-state index is -1.02. The van der Waals surface area contributed by atoms with Crippen LogP contribution in [0.25, 0.3) is 0 Å². The summed E-state index contributed by atoms with van der Waals surface area (Å²) < 4.78 is 10.8. The van der Waals surface area contributed by atoms with Crippen LogP contribution in [0.1, 0.15) is 35.1 Å². The number of hydrogen-bond donors (Lipinski definition) is 1. The molecule has 3 aromatic rings. The predicted octanol–water partition coefficient (Wildman–Crippen LogP) is 3.64. The zero-order valence-electron chi connectivity index (χ0n) is 19.2. The van der Waals surface area contributed by atoms with Gasteiger partial charge in [0.15, 0.2) is 0 Å². The lowest BCUT2D eigenvalue weighted by molar-refractivity contribution is -0.126. The van der Waals surface area contributed by atoms with Crippen LogP contribution in [0, 0.1) is 11.8 Å². The number of imide groups is 1. The molecule has 6 heteroatoms. The lowest BCUT2D eigenvalue weighted by Gasteiger charge is -2.55. The first kappa shape index (κ1) is 20.9. The van der Waals surface area contributed by atoms with E-state index >= 15 is 0 Å². The monoisotopic (exact) mass is 455 g/mol. The third kappa shape index (κ3) is 2.33. The summed E-state index contributed by atoms with van der Waals surface area (Å²) in [6.07, 6.45) is -0.891. The highest BCUT2D eigenvalue weighted by molar-refractivity contribution is 6.24. The first-order valence-corrected chi connectivity index (χ1v) is 11.4. The fourth-order valence-corrected chi connectivity index (χ4v) is 6.75. The molecule has 1 N–H and O–H groups in total. The van der Waals surface area contributed by atoms with Crippen LogP contribution >= 0.6 is 0 Å². The van der Waals surface area contributed by atoms with Gasteiger partial charge in [-0.25, -0.2) is 4.90 Å². The van der Waals surface area contributed by atoms with E-state index in [9.17, 15) is 14.7 Å². The second-order valence-corrected chi connectivity index (χ2v) is 9.25. The number of aliphatic hydroxyl groups excluding tert-OH is 1. The topological polar surface area (TPSA) is 76.1 Å². The van der Waals surface area contributed by atoms with Crippen molar-refractivity contribution in [2.24, 2.45) is 11.8 Å². The smallest absolute Gasteiger partial charge is 0.239 e. The lowest BCUT2D eigenvalue weighted by atomic mass is 9.46. The molecule has 2 bridgehead atoms. The van der Waals surface area contributed by atoms with E-state index in [4.69, 9.17) is 9.47 Å². The van der Waals surface area contributed by atoms with E-state index in [0.29, 0.717) is 17.2 Å². The SMILES string of the molecule is COc1ccc(N2C(=O)[C@@H]3C4c5ccccc5C([C@H](C)O)(c5ccccc54)[C@@H]3C2=O)c(OC)c1. The Hall–Kier alpha value is -3.64. The van der Waals surface area contributed by atoms with Crippen molar-refractivity contribution < 1.29 is 24.2 Å². The summed E-state index contributed by atoms with van der Waals surface area (Å²) in [6.45, 7) is 1.73. The van der Waals surface area contributed by atoms with Gasteiger partial charge in [-0.1, -0.05) is 48.5 Å². The Morgan fingerprint density at radius 1 is 0.882 bits per heavy atom. The van der Waals surface area contributed by atoms with Gasteiger partial charge in [-0.2, -0.15) is 0 Å². The second kappa shape index (κ2) is 7.18. The molecule has 3 aliphatic carbocycles. The minimum absolute atomic E-state index is 0.260. The third-order valence-corrected chi connectivity index (χ3v) is 7.97. The molecule has 0 radical (unpaired) electrons. The number of amides is 2. The molecule has 6 nitrogen and oxygen atoms in total. The van der Waals surface area contributed by atoms with E-state index in [2.05, 4.69) is 0 Å². The quantitative estimate of drug-likeness (QED) is 0.608. The van der Waals surface area contributed by atoms with E-state index in [-0.39, 0.29) is 17.7 Å². The zero-order valence-corrected chi connectivity index (χ0v) is 19.2. The Balaban J connectivity index is 1.62. The number of methoxy groups -OCH3 is 2. The van der Waals surface area contributed by atoms with Crippen LogP contribution in [-0.2, 0) is 15.0 Å². The molecule has 1 heterocycles. The Kier molecular flexibility index (Phi) is 4.42. The van der Waals surface area contributed by atoms with Crippen molar-refractivity contribution in [3.8, 4) is 11.5 Å². The molecular formula is C28H25NO5. The fraction of sp³-hybridized carbons (Fsp3) is 0.286. The lowest BCUT2D eigenvalue weighted by Crippen LogP contribution is -2.58. The van der Waals surface area contributed by atoms with Gasteiger partial charge in [0.1, 0.15) is 11.5 Å². The van der Waals surface area contributed by atoms with Crippen molar-refractivity contribution in [3.63, 3.8) is 0 Å². The van der Waals surface area contributed by atoms with Gasteiger partial charge in [0.05, 0.1) is 43.3 Å². The van der Waals surface area contributed by atoms with Crippen LogP contribution in [0.2, 0.25) is 0 Å². The van der Waals surface area contributed by atoms with Gasteiger partial charge < -0.3 is 14.6 Å². The predicted molar refractivity (Wildman–Crippen MR) is 126 cm³/mol. The molecule has 1 fully saturated rings. The van der Waals surface area contributed by atoms with Crippen LogP contribution in [0.15, 0.2) is 66.7 Å². The van der Waals surface area contributed by atoms with Gasteiger partial charge in [-0.05, 0) is 41.3 Å². The Bertz CT molecular complexity index is 1300. The summed E-state index contributed by atoms with van der Waals surface area (Å²) >= 11 is 0. The number of hydrogen-bond acceptors (Lipinski definition) is 5. The summed E-state index contributed by atoms with van der Waals surface area (Å²) in [7, 11) is 3.05. The molecule has 1 aliphatic heterocycles. The largest absolute Gasteiger partial charge is 0.497 e. The fourth-order valence-electron chi connectivity index (χ4n) is 6.75. The molecule has 0 unspecified atom stereocenters. The summed E-state index contributed by atoms with van der Waals surface area (Å²) in [6, 6.07) is 20.9. The molecule has 7 rings (SSSR count). The molecule has 0 saturated carbocycles. The van der Waals surface area contributed by atoms with E-state index < -0.39 is 23.4 Å². The van der Waals surface area contributed by atoms with Crippen molar-refractivity contribution in [3.05, 3.63) is 89.0 Å². The van der Waals surface area contributed by atoms with Crippen LogP contribution in [0.3, 0.4) is 0 Å². The third-order valence-electron chi connectivity index (χ3n) is 7.97. The maximum atomic E-state index is 14.2. The number of benzene rings is 3. The van der Waals surface area contributed by atoms with E-state index in [1.165, 1.54) is 12.0 Å². The maximum Gasteiger partial charge on any atom is 0.239 e. The molecule has 0 spiro atoms. The summed E-state index contributed by atoms with van der Waals surface area (Å²) in [4.78, 5) is 29.5. The summed E-state index contributed by atoms with van der Waals surface area (Å²) in [5, 5.41) is 11.4. The van der Waals surface area contributed by atoms with Crippen molar-refractivity contribution in [1.82, 2.24) is 0 Å². The van der Waals surface area contributed by atoms with Gasteiger partial charge in [0.25, 0.3) is 0 Å². The molecule has 4 aliphatic rings. The number of carbonyl (C=O) groups excluding carboxylic acids is 2. The summed E-state index contributed by atoms with van der Waals surface area (Å²) in [5.41, 5.74) is 3.25. The Labute approximate surface area is 197 Å². The van der Waals surface area contributed by atoms with Crippen LogP contribution < -0.4 is 14.4 Å². The number of rotatable bonds is 4. The Morgan fingerprint density at radius 2 is 1.50 bits per heavy atom. The highest BCUT2D eigenvalue weighted by Gasteiger charge is 2.69. The number of nitrogens with zero attached hydrogens (tertiary/aromatic N) is 1. The van der Waals surface area contributed by atoms with Gasteiger partial charge in [-0.15, -0.1) is 0 Å². The van der Waals surface area contributed by atoms with Crippen molar-refractivity contribution in [1.29, 1.82) is 0 Å². The highest BCUT2D eigenvalue weighted by Crippen LogP contribution is 2.65. The number of anilines is 1.